The van der Waals surface area contributed by atoms with Crippen molar-refractivity contribution < 1.29 is 15.3 Å². The third kappa shape index (κ3) is 2.96. The molecule has 25 heavy (non-hydrogen) atoms. The van der Waals surface area contributed by atoms with Crippen molar-refractivity contribution in [3.8, 4) is 10.6 Å². The van der Waals surface area contributed by atoms with Gasteiger partial charge in [-0.15, -0.1) is 11.3 Å². The van der Waals surface area contributed by atoms with Gasteiger partial charge in [-0.3, -0.25) is 0 Å². The summed E-state index contributed by atoms with van der Waals surface area (Å²) in [7, 11) is 0. The highest BCUT2D eigenvalue weighted by atomic mass is 32.1. The Hall–Kier alpha value is -2.53. The fourth-order valence-electron chi connectivity index (χ4n) is 2.82. The van der Waals surface area contributed by atoms with E-state index in [9.17, 15) is 9.18 Å². The van der Waals surface area contributed by atoms with Gasteiger partial charge >= 0.3 is 5.97 Å². The molecule has 2 aromatic carbocycles. The van der Waals surface area contributed by atoms with E-state index in [0.717, 1.165) is 32.5 Å². The molecule has 0 amide bonds. The third-order valence-corrected chi connectivity index (χ3v) is 5.25. The first-order valence-electron chi connectivity index (χ1n) is 8.00. The summed E-state index contributed by atoms with van der Waals surface area (Å²) in [4.78, 5) is 17.1. The number of allylic oxidation sites excluding steroid dienone is 2. The molecular formula is C20H17FNO2S. The second-order valence-electron chi connectivity index (χ2n) is 5.83. The van der Waals surface area contributed by atoms with E-state index in [1.807, 2.05) is 24.6 Å². The summed E-state index contributed by atoms with van der Waals surface area (Å²) in [6.45, 7) is 3.92. The van der Waals surface area contributed by atoms with E-state index in [-0.39, 0.29) is 13.2 Å². The van der Waals surface area contributed by atoms with Crippen molar-refractivity contribution in [3.63, 3.8) is 0 Å². The molecule has 0 unspecified atom stereocenters. The monoisotopic (exact) mass is 354 g/mol. The molecule has 127 valence electrons. The van der Waals surface area contributed by atoms with Crippen molar-refractivity contribution in [1.82, 2.24) is 4.98 Å². The number of carbonyl (C=O) groups is 1. The molecule has 4 rings (SSSR count). The van der Waals surface area contributed by atoms with Crippen molar-refractivity contribution in [2.45, 2.75) is 13.8 Å². The Bertz CT molecular complexity index is 1040. The minimum Gasteiger partial charge on any atom is -0.462 e. The van der Waals surface area contributed by atoms with Crippen molar-refractivity contribution in [1.29, 1.82) is 0 Å². The molecule has 1 aromatic heterocycles. The number of hydrogen-bond acceptors (Lipinski definition) is 4. The molecule has 3 aromatic rings. The van der Waals surface area contributed by atoms with Gasteiger partial charge in [0.25, 0.3) is 0 Å². The fraction of sp³-hybridized carbons (Fsp3) is 0.150. The molecule has 0 aliphatic heterocycles. The highest BCUT2D eigenvalue weighted by molar-refractivity contribution is 7.17. The van der Waals surface area contributed by atoms with Gasteiger partial charge in [-0.1, -0.05) is 12.1 Å². The maximum Gasteiger partial charge on any atom is 0.350 e. The minimum absolute atomic E-state index is 0. The lowest BCUT2D eigenvalue weighted by molar-refractivity contribution is 0.0531. The van der Waals surface area contributed by atoms with E-state index in [4.69, 9.17) is 4.74 Å². The number of nitrogens with zero attached hydrogens (tertiary/aromatic N) is 1. The Morgan fingerprint density at radius 3 is 2.84 bits per heavy atom. The van der Waals surface area contributed by atoms with Gasteiger partial charge in [-0.25, -0.2) is 14.2 Å². The van der Waals surface area contributed by atoms with Crippen LogP contribution in [0.25, 0.3) is 26.9 Å². The first kappa shape index (κ1) is 16.0. The second-order valence-corrected chi connectivity index (χ2v) is 6.83. The number of rotatable bonds is 4. The summed E-state index contributed by atoms with van der Waals surface area (Å²) >= 11 is 1.32. The largest absolute Gasteiger partial charge is 0.462 e. The minimum atomic E-state index is -0.343. The van der Waals surface area contributed by atoms with Crippen LogP contribution >= 0.6 is 11.3 Å². The van der Waals surface area contributed by atoms with Crippen molar-refractivity contribution in [2.24, 2.45) is 0 Å². The summed E-state index contributed by atoms with van der Waals surface area (Å²) in [5.41, 5.74) is 3.66. The lowest BCUT2D eigenvalue weighted by Crippen LogP contribution is -2.03. The zero-order valence-corrected chi connectivity index (χ0v) is 14.6. The lowest BCUT2D eigenvalue weighted by atomic mass is 9.99. The molecule has 1 radical (unpaired) electrons. The first-order chi connectivity index (χ1) is 12.1. The molecule has 0 fully saturated rings. The zero-order valence-electron chi connectivity index (χ0n) is 13.8. The van der Waals surface area contributed by atoms with Crippen LogP contribution in [0.4, 0.5) is 4.39 Å². The zero-order chi connectivity index (χ0) is 17.6. The number of halogens is 1. The van der Waals surface area contributed by atoms with E-state index in [2.05, 4.69) is 4.98 Å². The summed E-state index contributed by atoms with van der Waals surface area (Å²) in [6.07, 6.45) is 4.00. The first-order valence-corrected chi connectivity index (χ1v) is 8.82. The molecule has 1 aliphatic carbocycles. The second kappa shape index (κ2) is 6.08. The Kier molecular flexibility index (Phi) is 3.88. The summed E-state index contributed by atoms with van der Waals surface area (Å²) < 4.78 is 18.7. The maximum absolute atomic E-state index is 13.7. The normalized spacial score (nSPS) is 13.0. The molecule has 5 heteroatoms. The topological polar surface area (TPSA) is 39.2 Å². The van der Waals surface area contributed by atoms with Crippen molar-refractivity contribution >= 4 is 33.7 Å². The molecule has 0 saturated carbocycles. The van der Waals surface area contributed by atoms with Crippen LogP contribution in [0.2, 0.25) is 0 Å². The highest BCUT2D eigenvalue weighted by Gasteiger charge is 2.20. The Morgan fingerprint density at radius 1 is 1.32 bits per heavy atom. The summed E-state index contributed by atoms with van der Waals surface area (Å²) in [5.74, 6) is -0.595. The van der Waals surface area contributed by atoms with Crippen molar-refractivity contribution in [3.05, 3.63) is 64.8 Å². The quantitative estimate of drug-likeness (QED) is 0.586. The molecule has 3 nitrogen and oxygen atoms in total. The van der Waals surface area contributed by atoms with Crippen LogP contribution in [-0.2, 0) is 4.74 Å². The van der Waals surface area contributed by atoms with Gasteiger partial charge in [0.1, 0.15) is 15.7 Å². The molecule has 0 spiro atoms. The SMILES string of the molecule is CCOC(=O)c1sc(-c2cc(C3=C[CH]3)c3cc(F)ccc3c2)nc1C.[HH]. The number of carbonyl (C=O) groups excluding carboxylic acids is 1. The van der Waals surface area contributed by atoms with E-state index in [1.54, 1.807) is 26.0 Å². The molecule has 0 atom stereocenters. The van der Waals surface area contributed by atoms with Crippen LogP contribution in [0.15, 0.2) is 36.4 Å². The molecular weight excluding hydrogens is 337 g/mol. The molecule has 1 heterocycles. The Labute approximate surface area is 150 Å². The average molecular weight is 354 g/mol. The molecule has 0 bridgehead atoms. The Balaban J connectivity index is 0.00000196. The summed E-state index contributed by atoms with van der Waals surface area (Å²) in [5, 5.41) is 2.58. The molecule has 0 saturated heterocycles. The van der Waals surface area contributed by atoms with Crippen LogP contribution in [0.1, 0.15) is 29.3 Å². The molecule has 0 N–H and O–H groups in total. The fourth-order valence-corrected chi connectivity index (χ4v) is 3.77. The number of benzene rings is 2. The summed E-state index contributed by atoms with van der Waals surface area (Å²) in [6, 6.07) is 8.77. The van der Waals surface area contributed by atoms with Gasteiger partial charge in [0.15, 0.2) is 0 Å². The standard InChI is InChI=1S/C20H15FNO2S.H2/c1-3-24-20(23)18-11(2)22-19(25-18)14-8-13-6-7-15(21)10-17(13)16(9-14)12-4-5-12;/h4-10H,3H2,1-2H3;1H. The van der Waals surface area contributed by atoms with E-state index in [1.165, 1.54) is 17.4 Å². The van der Waals surface area contributed by atoms with Gasteiger partial charge < -0.3 is 4.74 Å². The van der Waals surface area contributed by atoms with Crippen LogP contribution in [-0.4, -0.2) is 17.6 Å². The van der Waals surface area contributed by atoms with Crippen LogP contribution in [0, 0.1) is 19.2 Å². The number of thiazole rings is 1. The maximum atomic E-state index is 13.7. The third-order valence-electron chi connectivity index (χ3n) is 4.07. The van der Waals surface area contributed by atoms with E-state index >= 15 is 0 Å². The number of aromatic nitrogens is 1. The smallest absolute Gasteiger partial charge is 0.350 e. The number of esters is 1. The van der Waals surface area contributed by atoms with Crippen LogP contribution < -0.4 is 0 Å². The number of hydrogen-bond donors (Lipinski definition) is 0. The van der Waals surface area contributed by atoms with E-state index < -0.39 is 0 Å². The average Bonchev–Trinajstić information content (AvgIpc) is 3.36. The number of fused-ring (bicyclic) bond motifs is 1. The van der Waals surface area contributed by atoms with Gasteiger partial charge in [0.05, 0.1) is 12.3 Å². The van der Waals surface area contributed by atoms with Gasteiger partial charge in [0, 0.05) is 13.4 Å². The van der Waals surface area contributed by atoms with E-state index in [0.29, 0.717) is 17.2 Å². The van der Waals surface area contributed by atoms with Crippen LogP contribution in [0.3, 0.4) is 0 Å². The van der Waals surface area contributed by atoms with Gasteiger partial charge in [-0.2, -0.15) is 0 Å². The molecule has 1 aliphatic rings. The predicted molar refractivity (Wildman–Crippen MR) is 100 cm³/mol. The highest BCUT2D eigenvalue weighted by Crippen LogP contribution is 2.39. The van der Waals surface area contributed by atoms with Crippen molar-refractivity contribution in [2.75, 3.05) is 6.61 Å². The van der Waals surface area contributed by atoms with Gasteiger partial charge in [-0.05, 0) is 60.0 Å². The van der Waals surface area contributed by atoms with Crippen LogP contribution in [0.5, 0.6) is 0 Å². The van der Waals surface area contributed by atoms with Gasteiger partial charge in [0.2, 0.25) is 0 Å². The Morgan fingerprint density at radius 2 is 2.12 bits per heavy atom. The number of aryl methyl sites for hydroxylation is 1. The lowest BCUT2D eigenvalue weighted by Gasteiger charge is -2.07. The predicted octanol–water partition coefficient (Wildman–Crippen LogP) is 5.43. The number of ether oxygens (including phenoxy) is 1.